The molecule has 2 heterocycles. The third kappa shape index (κ3) is 3.08. The number of hydrogen-bond donors (Lipinski definition) is 0. The zero-order chi connectivity index (χ0) is 26.7. The Hall–Kier alpha value is -4.84. The molecule has 0 radical (unpaired) electrons. The molecule has 1 spiro atoms. The predicted octanol–water partition coefficient (Wildman–Crippen LogP) is 5.50. The maximum Gasteiger partial charge on any atom is 0.187 e. The second-order valence-electron chi connectivity index (χ2n) is 10.2. The van der Waals surface area contributed by atoms with E-state index in [0.717, 1.165) is 16.7 Å². The van der Waals surface area contributed by atoms with Crippen LogP contribution in [0.1, 0.15) is 59.7 Å². The van der Waals surface area contributed by atoms with E-state index in [9.17, 15) is 14.4 Å². The Morgan fingerprint density at radius 3 is 2.08 bits per heavy atom. The van der Waals surface area contributed by atoms with Crippen molar-refractivity contribution in [3.05, 3.63) is 137 Å². The van der Waals surface area contributed by atoms with Crippen LogP contribution in [0.15, 0.2) is 108 Å². The summed E-state index contributed by atoms with van der Waals surface area (Å²) in [6.07, 6.45) is 1.72. The number of ether oxygens (including phenoxy) is 1. The fraction of sp³-hybridized carbons (Fsp3) is 0.152. The number of Topliss-reactive ketones (excluding diaryl/α,β-unsaturated/α-hetero) is 3. The highest BCUT2D eigenvalue weighted by Crippen LogP contribution is 2.64. The molecule has 1 fully saturated rings. The largest absolute Gasteiger partial charge is 0.497 e. The maximum absolute atomic E-state index is 14.6. The summed E-state index contributed by atoms with van der Waals surface area (Å²) in [4.78, 5) is 43.7. The predicted molar refractivity (Wildman–Crippen MR) is 146 cm³/mol. The lowest BCUT2D eigenvalue weighted by Gasteiger charge is -2.36. The van der Waals surface area contributed by atoms with Crippen molar-refractivity contribution < 1.29 is 19.1 Å². The van der Waals surface area contributed by atoms with Crippen LogP contribution in [-0.2, 0) is 0 Å². The number of ketones is 3. The van der Waals surface area contributed by atoms with Crippen LogP contribution in [-0.4, -0.2) is 41.7 Å². The molecule has 1 aliphatic carbocycles. The fourth-order valence-electron chi connectivity index (χ4n) is 6.74. The van der Waals surface area contributed by atoms with Crippen molar-refractivity contribution in [1.29, 1.82) is 0 Å². The van der Waals surface area contributed by atoms with Gasteiger partial charge < -0.3 is 4.74 Å². The highest BCUT2D eigenvalue weighted by atomic mass is 16.5. The second-order valence-corrected chi connectivity index (χ2v) is 10.2. The molecule has 0 amide bonds. The Bertz CT molecular complexity index is 1640. The Morgan fingerprint density at radius 2 is 1.41 bits per heavy atom. The minimum absolute atomic E-state index is 0.207. The Balaban J connectivity index is 1.52. The average molecular weight is 513 g/mol. The molecule has 39 heavy (non-hydrogen) atoms. The number of fused-ring (bicyclic) bond motifs is 5. The third-order valence-electron chi connectivity index (χ3n) is 8.38. The summed E-state index contributed by atoms with van der Waals surface area (Å²) in [5.74, 6) is -0.864. The van der Waals surface area contributed by atoms with Crippen LogP contribution in [0.2, 0.25) is 0 Å². The van der Waals surface area contributed by atoms with Crippen LogP contribution >= 0.6 is 0 Å². The first-order valence-corrected chi connectivity index (χ1v) is 12.9. The van der Waals surface area contributed by atoms with Crippen molar-refractivity contribution >= 4 is 23.6 Å². The lowest BCUT2D eigenvalue weighted by atomic mass is 9.63. The van der Waals surface area contributed by atoms with Gasteiger partial charge in [0.2, 0.25) is 0 Å². The van der Waals surface area contributed by atoms with Crippen molar-refractivity contribution in [1.82, 2.24) is 5.01 Å². The molecule has 6 heteroatoms. The summed E-state index contributed by atoms with van der Waals surface area (Å²) in [6.45, 7) is 0. The molecule has 1 unspecified atom stereocenters. The summed E-state index contributed by atoms with van der Waals surface area (Å²) < 4.78 is 5.30. The standard InChI is InChI=1S/C33H24N2O4/c1-39-23-17-15-21(16-18-23)29(36)28-27(20-9-3-2-4-10-20)33(31(37)25-13-7-8-14-26(25)32(33)38)30-24-12-6-5-11-22(24)19-34-35(28)30/h2-19,27-28,30H,1H3/t27-,28+,30?/m0/s1. The maximum atomic E-state index is 14.6. The van der Waals surface area contributed by atoms with Crippen molar-refractivity contribution in [2.24, 2.45) is 10.5 Å². The van der Waals surface area contributed by atoms with E-state index < -0.39 is 23.4 Å². The van der Waals surface area contributed by atoms with Crippen molar-refractivity contribution in [2.45, 2.75) is 18.0 Å². The normalized spacial score (nSPS) is 22.0. The highest BCUT2D eigenvalue weighted by Gasteiger charge is 2.72. The van der Waals surface area contributed by atoms with Gasteiger partial charge in [0.1, 0.15) is 17.2 Å². The summed E-state index contributed by atoms with van der Waals surface area (Å²) in [7, 11) is 1.57. The minimum atomic E-state index is -1.56. The molecule has 3 aliphatic rings. The van der Waals surface area contributed by atoms with Gasteiger partial charge in [0.25, 0.3) is 0 Å². The average Bonchev–Trinajstić information content (AvgIpc) is 3.43. The van der Waals surface area contributed by atoms with Crippen molar-refractivity contribution in [3.8, 4) is 5.75 Å². The number of rotatable bonds is 4. The molecule has 4 aromatic carbocycles. The molecule has 6 nitrogen and oxygen atoms in total. The zero-order valence-electron chi connectivity index (χ0n) is 21.2. The Labute approximate surface area is 225 Å². The van der Waals surface area contributed by atoms with Crippen LogP contribution in [0.4, 0.5) is 0 Å². The fourth-order valence-corrected chi connectivity index (χ4v) is 6.74. The van der Waals surface area contributed by atoms with E-state index in [2.05, 4.69) is 0 Å². The SMILES string of the molecule is COc1ccc(C(=O)[C@H]2[C@H](c3ccccc3)C3(C(=O)c4ccccc4C3=O)C3c4ccccc4C=NN32)cc1. The lowest BCUT2D eigenvalue weighted by Crippen LogP contribution is -2.43. The second kappa shape index (κ2) is 8.60. The molecule has 190 valence electrons. The molecule has 7 rings (SSSR count). The molecular weight excluding hydrogens is 488 g/mol. The van der Waals surface area contributed by atoms with Gasteiger partial charge in [-0.3, -0.25) is 19.4 Å². The summed E-state index contributed by atoms with van der Waals surface area (Å²) in [5.41, 5.74) is 2.09. The monoisotopic (exact) mass is 512 g/mol. The van der Waals surface area contributed by atoms with Gasteiger partial charge in [-0.25, -0.2) is 0 Å². The van der Waals surface area contributed by atoms with Crippen molar-refractivity contribution in [3.63, 3.8) is 0 Å². The van der Waals surface area contributed by atoms with Crippen LogP contribution in [0.25, 0.3) is 0 Å². The number of hydrogen-bond acceptors (Lipinski definition) is 6. The number of nitrogens with zero attached hydrogens (tertiary/aromatic N) is 2. The first-order valence-electron chi connectivity index (χ1n) is 12.9. The van der Waals surface area contributed by atoms with Gasteiger partial charge in [-0.15, -0.1) is 0 Å². The number of carbonyl (C=O) groups excluding carboxylic acids is 3. The van der Waals surface area contributed by atoms with E-state index in [0.29, 0.717) is 22.4 Å². The number of carbonyl (C=O) groups is 3. The third-order valence-corrected chi connectivity index (χ3v) is 8.38. The van der Waals surface area contributed by atoms with Crippen LogP contribution in [0.3, 0.4) is 0 Å². The molecule has 2 aliphatic heterocycles. The van der Waals surface area contributed by atoms with E-state index in [1.165, 1.54) is 0 Å². The highest BCUT2D eigenvalue weighted by molar-refractivity contribution is 6.31. The zero-order valence-corrected chi connectivity index (χ0v) is 21.2. The van der Waals surface area contributed by atoms with Gasteiger partial charge in [-0.2, -0.15) is 5.10 Å². The van der Waals surface area contributed by atoms with Crippen LogP contribution in [0, 0.1) is 5.41 Å². The first kappa shape index (κ1) is 23.3. The number of hydrazone groups is 1. The molecule has 4 aromatic rings. The molecular formula is C33H24N2O4. The van der Waals surface area contributed by atoms with Crippen molar-refractivity contribution in [2.75, 3.05) is 7.11 Å². The topological polar surface area (TPSA) is 76.0 Å². The van der Waals surface area contributed by atoms with Crippen LogP contribution in [0.5, 0.6) is 5.75 Å². The summed E-state index contributed by atoms with van der Waals surface area (Å²) in [6, 6.07) is 29.4. The molecule has 0 aromatic heterocycles. The molecule has 0 N–H and O–H groups in total. The van der Waals surface area contributed by atoms with Gasteiger partial charge in [0, 0.05) is 22.6 Å². The van der Waals surface area contributed by atoms with E-state index in [4.69, 9.17) is 9.84 Å². The van der Waals surface area contributed by atoms with E-state index in [-0.39, 0.29) is 17.3 Å². The van der Waals surface area contributed by atoms with Crippen LogP contribution < -0.4 is 4.74 Å². The summed E-state index contributed by atoms with van der Waals surface area (Å²) >= 11 is 0. The van der Waals surface area contributed by atoms with Gasteiger partial charge >= 0.3 is 0 Å². The van der Waals surface area contributed by atoms with Gasteiger partial charge in [-0.1, -0.05) is 78.9 Å². The van der Waals surface area contributed by atoms with Gasteiger partial charge in [0.05, 0.1) is 19.4 Å². The molecule has 0 bridgehead atoms. The molecule has 3 atom stereocenters. The quantitative estimate of drug-likeness (QED) is 0.267. The number of benzene rings is 4. The first-order chi connectivity index (χ1) is 19.1. The van der Waals surface area contributed by atoms with E-state index >= 15 is 0 Å². The number of methoxy groups -OCH3 is 1. The molecule has 0 saturated carbocycles. The Morgan fingerprint density at radius 1 is 0.795 bits per heavy atom. The van der Waals surface area contributed by atoms with E-state index in [1.807, 2.05) is 54.6 Å². The molecule has 1 saturated heterocycles. The Kier molecular flexibility index (Phi) is 5.13. The smallest absolute Gasteiger partial charge is 0.187 e. The minimum Gasteiger partial charge on any atom is -0.497 e. The summed E-state index contributed by atoms with van der Waals surface area (Å²) in [5, 5.41) is 6.50. The van der Waals surface area contributed by atoms with E-state index in [1.54, 1.807) is 66.9 Å². The lowest BCUT2D eigenvalue weighted by molar-refractivity contribution is 0.0586. The van der Waals surface area contributed by atoms with Gasteiger partial charge in [0.15, 0.2) is 17.3 Å². The van der Waals surface area contributed by atoms with Gasteiger partial charge in [-0.05, 0) is 41.0 Å².